The topological polar surface area (TPSA) is 72.6 Å². The Morgan fingerprint density at radius 1 is 0.794 bits per heavy atom. The van der Waals surface area contributed by atoms with Gasteiger partial charge in [0.2, 0.25) is 5.76 Å². The molecule has 6 nitrogen and oxygen atoms in total. The van der Waals surface area contributed by atoms with Gasteiger partial charge in [-0.25, -0.2) is 4.98 Å². The molecule has 0 aliphatic carbocycles. The lowest BCUT2D eigenvalue weighted by Gasteiger charge is -2.24. The number of benzene rings is 3. The molecule has 164 valence electrons. The van der Waals surface area contributed by atoms with Gasteiger partial charge in [-0.2, -0.15) is 0 Å². The summed E-state index contributed by atoms with van der Waals surface area (Å²) in [5.41, 5.74) is 1.16. The minimum absolute atomic E-state index is 0.0359. The fourth-order valence-corrected chi connectivity index (χ4v) is 4.34. The summed E-state index contributed by atoms with van der Waals surface area (Å²) in [7, 11) is 0. The molecule has 1 amide bonds. The number of nitrogens with zero attached hydrogens (tertiary/aromatic N) is 2. The third-order valence-electron chi connectivity index (χ3n) is 5.83. The summed E-state index contributed by atoms with van der Waals surface area (Å²) in [6, 6.07) is 28.4. The smallest absolute Gasteiger partial charge is 0.296 e. The molecule has 5 aromatic rings. The van der Waals surface area contributed by atoms with Crippen LogP contribution in [0.2, 0.25) is 0 Å². The molecule has 1 aliphatic rings. The van der Waals surface area contributed by atoms with Crippen molar-refractivity contribution < 1.29 is 13.9 Å². The zero-order valence-electron chi connectivity index (χ0n) is 17.9. The van der Waals surface area contributed by atoms with Crippen molar-refractivity contribution in [3.05, 3.63) is 130 Å². The molecule has 34 heavy (non-hydrogen) atoms. The predicted octanol–water partition coefficient (Wildman–Crippen LogP) is 5.73. The first kappa shape index (κ1) is 19.9. The third kappa shape index (κ3) is 3.24. The van der Waals surface area contributed by atoms with Crippen LogP contribution in [0, 0.1) is 0 Å². The average Bonchev–Trinajstić information content (AvgIpc) is 3.18. The maximum absolute atomic E-state index is 13.6. The number of anilines is 1. The number of hydrogen-bond donors (Lipinski definition) is 0. The van der Waals surface area contributed by atoms with Crippen molar-refractivity contribution in [2.45, 2.75) is 6.04 Å². The van der Waals surface area contributed by atoms with E-state index in [0.29, 0.717) is 39.4 Å². The number of hydrogen-bond acceptors (Lipinski definition) is 5. The van der Waals surface area contributed by atoms with Crippen molar-refractivity contribution in [3.63, 3.8) is 0 Å². The van der Waals surface area contributed by atoms with Crippen molar-refractivity contribution in [3.8, 4) is 11.5 Å². The highest BCUT2D eigenvalue weighted by Gasteiger charge is 2.44. The van der Waals surface area contributed by atoms with Gasteiger partial charge in [0.1, 0.15) is 22.9 Å². The second-order valence-electron chi connectivity index (χ2n) is 7.92. The lowest BCUT2D eigenvalue weighted by Crippen LogP contribution is -2.30. The molecule has 0 saturated carbocycles. The van der Waals surface area contributed by atoms with Crippen LogP contribution in [0.3, 0.4) is 0 Å². The summed E-state index contributed by atoms with van der Waals surface area (Å²) >= 11 is 0. The molecule has 1 unspecified atom stereocenters. The van der Waals surface area contributed by atoms with Gasteiger partial charge in [-0.3, -0.25) is 14.5 Å². The number of rotatable bonds is 4. The second-order valence-corrected chi connectivity index (χ2v) is 7.92. The number of fused-ring (bicyclic) bond motifs is 2. The quantitative estimate of drug-likeness (QED) is 0.353. The van der Waals surface area contributed by atoms with Crippen molar-refractivity contribution in [1.29, 1.82) is 0 Å². The van der Waals surface area contributed by atoms with E-state index in [-0.39, 0.29) is 11.2 Å². The van der Waals surface area contributed by atoms with Crippen LogP contribution in [-0.4, -0.2) is 10.9 Å². The maximum atomic E-state index is 13.6. The highest BCUT2D eigenvalue weighted by atomic mass is 16.5. The van der Waals surface area contributed by atoms with Gasteiger partial charge in [-0.15, -0.1) is 0 Å². The van der Waals surface area contributed by atoms with Gasteiger partial charge in [-0.05, 0) is 54.1 Å². The predicted molar refractivity (Wildman–Crippen MR) is 128 cm³/mol. The van der Waals surface area contributed by atoms with E-state index in [1.165, 1.54) is 4.90 Å². The lowest BCUT2D eigenvalue weighted by molar-refractivity contribution is 0.0970. The summed E-state index contributed by atoms with van der Waals surface area (Å²) in [6.45, 7) is 0. The monoisotopic (exact) mass is 446 g/mol. The fourth-order valence-electron chi connectivity index (χ4n) is 4.34. The number of ether oxygens (including phenoxy) is 1. The molecular weight excluding hydrogens is 428 g/mol. The minimum Gasteiger partial charge on any atom is -0.457 e. The summed E-state index contributed by atoms with van der Waals surface area (Å²) in [5, 5.41) is 0.429. The highest BCUT2D eigenvalue weighted by molar-refractivity contribution is 6.10. The van der Waals surface area contributed by atoms with Gasteiger partial charge in [0.05, 0.1) is 17.0 Å². The Morgan fingerprint density at radius 2 is 1.56 bits per heavy atom. The normalized spacial score (nSPS) is 14.9. The summed E-state index contributed by atoms with van der Waals surface area (Å²) in [4.78, 5) is 33.1. The van der Waals surface area contributed by atoms with E-state index >= 15 is 0 Å². The number of carbonyl (C=O) groups is 1. The van der Waals surface area contributed by atoms with Crippen LogP contribution >= 0.6 is 0 Å². The van der Waals surface area contributed by atoms with Crippen LogP contribution in [0.25, 0.3) is 11.0 Å². The number of amides is 1. The van der Waals surface area contributed by atoms with Gasteiger partial charge < -0.3 is 9.15 Å². The molecule has 0 fully saturated rings. The van der Waals surface area contributed by atoms with E-state index in [4.69, 9.17) is 9.15 Å². The highest BCUT2D eigenvalue weighted by Crippen LogP contribution is 2.41. The van der Waals surface area contributed by atoms with E-state index in [2.05, 4.69) is 4.98 Å². The van der Waals surface area contributed by atoms with Gasteiger partial charge in [0.15, 0.2) is 5.43 Å². The van der Waals surface area contributed by atoms with Gasteiger partial charge in [0, 0.05) is 6.20 Å². The lowest BCUT2D eigenvalue weighted by atomic mass is 9.98. The van der Waals surface area contributed by atoms with Gasteiger partial charge in [-0.1, -0.05) is 48.5 Å². The average molecular weight is 446 g/mol. The van der Waals surface area contributed by atoms with Crippen molar-refractivity contribution >= 4 is 22.7 Å². The molecule has 0 N–H and O–H groups in total. The Bertz CT molecular complexity index is 1580. The van der Waals surface area contributed by atoms with Crippen LogP contribution in [-0.2, 0) is 0 Å². The number of aromatic nitrogens is 1. The maximum Gasteiger partial charge on any atom is 0.296 e. The Morgan fingerprint density at radius 3 is 2.38 bits per heavy atom. The summed E-state index contributed by atoms with van der Waals surface area (Å²) < 4.78 is 12.0. The van der Waals surface area contributed by atoms with Crippen LogP contribution in [0.15, 0.2) is 112 Å². The first-order valence-electron chi connectivity index (χ1n) is 10.8. The molecule has 0 radical (unpaired) electrons. The Kier molecular flexibility index (Phi) is 4.70. The molecule has 2 aromatic heterocycles. The van der Waals surface area contributed by atoms with E-state index in [0.717, 1.165) is 0 Å². The Hall–Kier alpha value is -4.71. The van der Waals surface area contributed by atoms with Gasteiger partial charge >= 0.3 is 0 Å². The third-order valence-corrected chi connectivity index (χ3v) is 5.83. The molecular formula is C28H18N2O4. The molecule has 1 aliphatic heterocycles. The molecule has 0 saturated heterocycles. The van der Waals surface area contributed by atoms with Crippen LogP contribution in [0.1, 0.15) is 27.7 Å². The van der Waals surface area contributed by atoms with Crippen LogP contribution in [0.4, 0.5) is 5.82 Å². The fraction of sp³-hybridized carbons (Fsp3) is 0.0357. The summed E-state index contributed by atoms with van der Waals surface area (Å²) in [5.74, 6) is 1.34. The first-order valence-corrected chi connectivity index (χ1v) is 10.8. The van der Waals surface area contributed by atoms with E-state index in [1.54, 1.807) is 48.7 Å². The van der Waals surface area contributed by atoms with E-state index < -0.39 is 11.9 Å². The zero-order valence-corrected chi connectivity index (χ0v) is 17.9. The number of para-hydroxylation sites is 2. The molecule has 3 heterocycles. The molecule has 6 rings (SSSR count). The molecule has 6 heteroatoms. The van der Waals surface area contributed by atoms with Gasteiger partial charge in [0.25, 0.3) is 5.91 Å². The molecule has 3 aromatic carbocycles. The van der Waals surface area contributed by atoms with Crippen molar-refractivity contribution in [2.75, 3.05) is 4.90 Å². The molecule has 1 atom stereocenters. The summed E-state index contributed by atoms with van der Waals surface area (Å²) in [6.07, 6.45) is 1.61. The zero-order chi connectivity index (χ0) is 23.1. The number of carbonyl (C=O) groups excluding carboxylic acids is 1. The van der Waals surface area contributed by atoms with E-state index in [9.17, 15) is 9.59 Å². The first-order chi connectivity index (χ1) is 16.7. The molecule has 0 bridgehead atoms. The van der Waals surface area contributed by atoms with Crippen LogP contribution in [0.5, 0.6) is 11.5 Å². The number of pyridine rings is 1. The largest absolute Gasteiger partial charge is 0.457 e. The minimum atomic E-state index is -0.711. The van der Waals surface area contributed by atoms with Crippen molar-refractivity contribution in [1.82, 2.24) is 4.98 Å². The SMILES string of the molecule is O=C1c2oc3ccccc3c(=O)c2C(c2cccc(Oc3ccccc3)c2)N1c1ccccn1. The Labute approximate surface area is 194 Å². The second kappa shape index (κ2) is 8.01. The van der Waals surface area contributed by atoms with Crippen LogP contribution < -0.4 is 15.1 Å². The molecule has 0 spiro atoms. The van der Waals surface area contributed by atoms with E-state index in [1.807, 2.05) is 54.6 Å². The standard InChI is InChI=1S/C28H18N2O4/c31-26-21-13-4-5-14-22(21)34-27-24(26)25(30(28(27)32)23-15-6-7-16-29-23)18-9-8-12-20(17-18)33-19-10-2-1-3-11-19/h1-17,25H. The van der Waals surface area contributed by atoms with Crippen molar-refractivity contribution in [2.24, 2.45) is 0 Å². The Balaban J connectivity index is 1.55.